The average molecular weight is 360 g/mol. The fourth-order valence-electron chi connectivity index (χ4n) is 3.77. The third kappa shape index (κ3) is 3.13. The number of aryl methyl sites for hydroxylation is 1. The molecule has 2 heterocycles. The molecule has 4 rings (SSSR count). The van der Waals surface area contributed by atoms with Gasteiger partial charge < -0.3 is 10.2 Å². The second-order valence-electron chi connectivity index (χ2n) is 7.13. The fourth-order valence-corrected chi connectivity index (χ4v) is 3.77. The fraction of sp³-hybridized carbons (Fsp3) is 0.286. The van der Waals surface area contributed by atoms with Crippen molar-refractivity contribution in [2.24, 2.45) is 0 Å². The zero-order valence-corrected chi connectivity index (χ0v) is 16.1. The molecule has 138 valence electrons. The molecule has 0 saturated carbocycles. The number of hydrogen-bond donors (Lipinski definition) is 1. The van der Waals surface area contributed by atoms with Crippen LogP contribution in [0.3, 0.4) is 0 Å². The van der Waals surface area contributed by atoms with Gasteiger partial charge in [-0.2, -0.15) is 4.52 Å². The number of fused-ring (bicyclic) bond motifs is 3. The lowest BCUT2D eigenvalue weighted by atomic mass is 9.99. The highest BCUT2D eigenvalue weighted by Crippen LogP contribution is 2.29. The van der Waals surface area contributed by atoms with Crippen LogP contribution in [0.1, 0.15) is 24.4 Å². The van der Waals surface area contributed by atoms with E-state index in [0.717, 1.165) is 28.1 Å². The van der Waals surface area contributed by atoms with Gasteiger partial charge in [-0.25, -0.2) is 0 Å². The molecule has 0 aliphatic rings. The third-order valence-corrected chi connectivity index (χ3v) is 4.96. The lowest BCUT2D eigenvalue weighted by Gasteiger charge is -2.31. The van der Waals surface area contributed by atoms with Crippen molar-refractivity contribution in [2.45, 2.75) is 25.9 Å². The summed E-state index contributed by atoms with van der Waals surface area (Å²) in [6.45, 7) is 4.11. The van der Waals surface area contributed by atoms with Crippen LogP contribution >= 0.6 is 0 Å². The number of anilines is 1. The molecule has 0 aliphatic heterocycles. The van der Waals surface area contributed by atoms with E-state index in [9.17, 15) is 0 Å². The molecular weight excluding hydrogens is 336 g/mol. The summed E-state index contributed by atoms with van der Waals surface area (Å²) in [6, 6.07) is 19.1. The molecule has 0 unspecified atom stereocenters. The Labute approximate surface area is 158 Å². The summed E-state index contributed by atoms with van der Waals surface area (Å²) in [6.07, 6.45) is 0. The Hall–Kier alpha value is -2.99. The highest BCUT2D eigenvalue weighted by atomic mass is 15.4. The Balaban J connectivity index is 1.78. The van der Waals surface area contributed by atoms with Crippen LogP contribution in [-0.2, 0) is 0 Å². The van der Waals surface area contributed by atoms with Gasteiger partial charge in [-0.1, -0.05) is 54.6 Å². The average Bonchev–Trinajstić information content (AvgIpc) is 3.04. The molecule has 0 amide bonds. The molecule has 0 bridgehead atoms. The van der Waals surface area contributed by atoms with Crippen molar-refractivity contribution in [3.63, 3.8) is 0 Å². The van der Waals surface area contributed by atoms with Crippen LogP contribution in [0.25, 0.3) is 16.4 Å². The predicted octanol–water partition coefficient (Wildman–Crippen LogP) is 3.69. The van der Waals surface area contributed by atoms with Gasteiger partial charge in [0.05, 0.1) is 6.04 Å². The Bertz CT molecular complexity index is 1070. The van der Waals surface area contributed by atoms with Gasteiger partial charge in [0.15, 0.2) is 17.3 Å². The zero-order chi connectivity index (χ0) is 19.0. The van der Waals surface area contributed by atoms with Crippen molar-refractivity contribution < 1.29 is 0 Å². The Morgan fingerprint density at radius 2 is 1.59 bits per heavy atom. The standard InChI is InChI=1S/C21H24N6/c1-14(19(26(3)4)16-10-6-5-7-11-16)22-20-17-12-8-9-13-18(17)21-24-23-15(2)27(21)25-20/h5-14,19H,1-4H3,(H,22,25)/t14-,19+/m1/s1. The predicted molar refractivity (Wildman–Crippen MR) is 109 cm³/mol. The number of aromatic nitrogens is 4. The smallest absolute Gasteiger partial charge is 0.185 e. The monoisotopic (exact) mass is 360 g/mol. The van der Waals surface area contributed by atoms with E-state index < -0.39 is 0 Å². The second-order valence-corrected chi connectivity index (χ2v) is 7.13. The third-order valence-electron chi connectivity index (χ3n) is 4.96. The molecule has 6 heteroatoms. The maximum atomic E-state index is 4.80. The first-order valence-electron chi connectivity index (χ1n) is 9.15. The Kier molecular flexibility index (Phi) is 4.49. The molecule has 0 aliphatic carbocycles. The van der Waals surface area contributed by atoms with Crippen LogP contribution in [0.15, 0.2) is 54.6 Å². The SMILES string of the molecule is Cc1nnc2c3ccccc3c(N[C@H](C)[C@@H](c3ccccc3)N(C)C)nn12. The Morgan fingerprint density at radius 1 is 0.926 bits per heavy atom. The van der Waals surface area contributed by atoms with Gasteiger partial charge in [-0.05, 0) is 33.5 Å². The molecule has 2 atom stereocenters. The van der Waals surface area contributed by atoms with Gasteiger partial charge in [-0.15, -0.1) is 15.3 Å². The van der Waals surface area contributed by atoms with Crippen LogP contribution in [0.2, 0.25) is 0 Å². The molecule has 27 heavy (non-hydrogen) atoms. The van der Waals surface area contributed by atoms with E-state index in [1.807, 2.05) is 29.6 Å². The van der Waals surface area contributed by atoms with E-state index in [1.165, 1.54) is 5.56 Å². The minimum Gasteiger partial charge on any atom is -0.364 e. The van der Waals surface area contributed by atoms with Gasteiger partial charge in [0.1, 0.15) is 0 Å². The number of nitrogens with zero attached hydrogens (tertiary/aromatic N) is 5. The van der Waals surface area contributed by atoms with Gasteiger partial charge in [0, 0.05) is 16.8 Å². The molecule has 1 N–H and O–H groups in total. The van der Waals surface area contributed by atoms with Crippen LogP contribution in [0, 0.1) is 6.92 Å². The molecule has 4 aromatic rings. The van der Waals surface area contributed by atoms with Gasteiger partial charge >= 0.3 is 0 Å². The number of benzene rings is 2. The highest BCUT2D eigenvalue weighted by Gasteiger charge is 2.23. The first-order chi connectivity index (χ1) is 13.1. The molecule has 2 aromatic carbocycles. The summed E-state index contributed by atoms with van der Waals surface area (Å²) < 4.78 is 1.81. The molecular formula is C21H24N6. The summed E-state index contributed by atoms with van der Waals surface area (Å²) in [5, 5.41) is 19.0. The highest BCUT2D eigenvalue weighted by molar-refractivity contribution is 5.99. The molecule has 0 radical (unpaired) electrons. The van der Waals surface area contributed by atoms with Gasteiger partial charge in [0.2, 0.25) is 0 Å². The maximum absolute atomic E-state index is 4.80. The quantitative estimate of drug-likeness (QED) is 0.588. The summed E-state index contributed by atoms with van der Waals surface area (Å²) in [5.41, 5.74) is 2.06. The molecule has 6 nitrogen and oxygen atoms in total. The van der Waals surface area contributed by atoms with E-state index in [1.54, 1.807) is 0 Å². The van der Waals surface area contributed by atoms with E-state index >= 15 is 0 Å². The second kappa shape index (κ2) is 6.96. The maximum Gasteiger partial charge on any atom is 0.185 e. The van der Waals surface area contributed by atoms with E-state index in [-0.39, 0.29) is 12.1 Å². The minimum atomic E-state index is 0.146. The summed E-state index contributed by atoms with van der Waals surface area (Å²) in [7, 11) is 4.21. The summed E-state index contributed by atoms with van der Waals surface area (Å²) >= 11 is 0. The van der Waals surface area contributed by atoms with Crippen LogP contribution < -0.4 is 5.32 Å². The minimum absolute atomic E-state index is 0.146. The Morgan fingerprint density at radius 3 is 2.30 bits per heavy atom. The molecule has 0 spiro atoms. The normalized spacial score (nSPS) is 14.0. The first kappa shape index (κ1) is 17.4. The van der Waals surface area contributed by atoms with Crippen LogP contribution in [0.5, 0.6) is 0 Å². The molecule has 0 fully saturated rings. The molecule has 2 aromatic heterocycles. The van der Waals surface area contributed by atoms with E-state index in [2.05, 4.69) is 77.8 Å². The van der Waals surface area contributed by atoms with Crippen molar-refractivity contribution in [2.75, 3.05) is 19.4 Å². The van der Waals surface area contributed by atoms with E-state index in [4.69, 9.17) is 5.10 Å². The first-order valence-corrected chi connectivity index (χ1v) is 9.15. The number of nitrogens with one attached hydrogen (secondary N) is 1. The summed E-state index contributed by atoms with van der Waals surface area (Å²) in [4.78, 5) is 2.23. The van der Waals surface area contributed by atoms with Crippen LogP contribution in [-0.4, -0.2) is 44.8 Å². The van der Waals surface area contributed by atoms with Gasteiger partial charge in [-0.3, -0.25) is 0 Å². The topological polar surface area (TPSA) is 58.4 Å². The van der Waals surface area contributed by atoms with Crippen molar-refractivity contribution in [1.82, 2.24) is 24.7 Å². The van der Waals surface area contributed by atoms with Crippen molar-refractivity contribution >= 4 is 22.2 Å². The number of hydrogen-bond acceptors (Lipinski definition) is 5. The molecule has 0 saturated heterocycles. The number of likely N-dealkylation sites (N-methyl/N-ethyl adjacent to an activating group) is 1. The largest absolute Gasteiger partial charge is 0.364 e. The lowest BCUT2D eigenvalue weighted by Crippen LogP contribution is -2.34. The van der Waals surface area contributed by atoms with Crippen molar-refractivity contribution in [3.8, 4) is 0 Å². The number of rotatable bonds is 5. The zero-order valence-electron chi connectivity index (χ0n) is 16.1. The summed E-state index contributed by atoms with van der Waals surface area (Å²) in [5.74, 6) is 1.62. The van der Waals surface area contributed by atoms with Crippen LogP contribution in [0.4, 0.5) is 5.82 Å². The lowest BCUT2D eigenvalue weighted by molar-refractivity contribution is 0.275. The van der Waals surface area contributed by atoms with Crippen molar-refractivity contribution in [1.29, 1.82) is 0 Å². The van der Waals surface area contributed by atoms with Gasteiger partial charge in [0.25, 0.3) is 0 Å². The van der Waals surface area contributed by atoms with E-state index in [0.29, 0.717) is 0 Å². The van der Waals surface area contributed by atoms with Crippen molar-refractivity contribution in [3.05, 3.63) is 66.0 Å².